The molecule has 0 radical (unpaired) electrons. The van der Waals surface area contributed by atoms with Crippen molar-refractivity contribution in [2.24, 2.45) is 16.7 Å². The zero-order valence-electron chi connectivity index (χ0n) is 11.6. The molecular weight excluding hydrogens is 234 g/mol. The summed E-state index contributed by atoms with van der Waals surface area (Å²) in [4.78, 5) is 23.1. The van der Waals surface area contributed by atoms with E-state index in [1.165, 1.54) is 0 Å². The van der Waals surface area contributed by atoms with Crippen LogP contribution >= 0.6 is 0 Å². The molecule has 0 aromatic carbocycles. The molecule has 5 heteroatoms. The molecule has 1 amide bonds. The lowest BCUT2D eigenvalue weighted by Gasteiger charge is -2.37. The number of aliphatic carboxylic acids is 1. The average Bonchev–Trinajstić information content (AvgIpc) is 2.10. The molecule has 0 atom stereocenters. The molecule has 2 N–H and O–H groups in total. The predicted octanol–water partition coefficient (Wildman–Crippen LogP) is 1.28. The lowest BCUT2D eigenvalue weighted by atomic mass is 9.82. The fourth-order valence-corrected chi connectivity index (χ4v) is 2.32. The molecule has 1 aliphatic rings. The minimum Gasteiger partial charge on any atom is -0.480 e. The second kappa shape index (κ2) is 5.26. The van der Waals surface area contributed by atoms with Crippen LogP contribution in [0.4, 0.5) is 0 Å². The van der Waals surface area contributed by atoms with Crippen LogP contribution in [0.3, 0.4) is 0 Å². The summed E-state index contributed by atoms with van der Waals surface area (Å²) in [6, 6.07) is 0. The van der Waals surface area contributed by atoms with Gasteiger partial charge in [-0.15, -0.1) is 0 Å². The SMILES string of the molecule is CC(C)CC(C)(C)CNC(=O)C1(C(=O)O)COC1. The number of ether oxygens (including phenoxy) is 1. The highest BCUT2D eigenvalue weighted by Crippen LogP contribution is 2.29. The number of carboxylic acid groups (broad SMARTS) is 1. The zero-order chi connectivity index (χ0) is 14.0. The van der Waals surface area contributed by atoms with E-state index in [9.17, 15) is 9.59 Å². The first-order valence-corrected chi connectivity index (χ1v) is 6.29. The fraction of sp³-hybridized carbons (Fsp3) is 0.846. The molecule has 0 bridgehead atoms. The van der Waals surface area contributed by atoms with Gasteiger partial charge >= 0.3 is 5.97 Å². The van der Waals surface area contributed by atoms with Crippen LogP contribution in [-0.2, 0) is 14.3 Å². The average molecular weight is 257 g/mol. The lowest BCUT2D eigenvalue weighted by Crippen LogP contribution is -2.59. The van der Waals surface area contributed by atoms with E-state index < -0.39 is 17.3 Å². The van der Waals surface area contributed by atoms with E-state index in [2.05, 4.69) is 33.0 Å². The summed E-state index contributed by atoms with van der Waals surface area (Å²) >= 11 is 0. The predicted molar refractivity (Wildman–Crippen MR) is 67.1 cm³/mol. The van der Waals surface area contributed by atoms with Crippen LogP contribution in [0.1, 0.15) is 34.1 Å². The van der Waals surface area contributed by atoms with Crippen molar-refractivity contribution >= 4 is 11.9 Å². The van der Waals surface area contributed by atoms with Crippen molar-refractivity contribution in [3.8, 4) is 0 Å². The Labute approximate surface area is 108 Å². The molecule has 5 nitrogen and oxygen atoms in total. The first-order valence-electron chi connectivity index (χ1n) is 6.29. The second-order valence-electron chi connectivity index (χ2n) is 6.32. The molecule has 18 heavy (non-hydrogen) atoms. The molecule has 0 aromatic rings. The highest BCUT2D eigenvalue weighted by atomic mass is 16.5. The van der Waals surface area contributed by atoms with Crippen molar-refractivity contribution in [1.82, 2.24) is 5.32 Å². The van der Waals surface area contributed by atoms with E-state index >= 15 is 0 Å². The minimum atomic E-state index is -1.37. The van der Waals surface area contributed by atoms with E-state index in [0.29, 0.717) is 12.5 Å². The number of rotatable bonds is 6. The number of hydrogen-bond acceptors (Lipinski definition) is 3. The Bertz CT molecular complexity index is 332. The maximum Gasteiger partial charge on any atom is 0.324 e. The Morgan fingerprint density at radius 2 is 1.94 bits per heavy atom. The fourth-order valence-electron chi connectivity index (χ4n) is 2.32. The summed E-state index contributed by atoms with van der Waals surface area (Å²) < 4.78 is 4.88. The van der Waals surface area contributed by atoms with Gasteiger partial charge in [0.25, 0.3) is 0 Å². The van der Waals surface area contributed by atoms with Crippen molar-refractivity contribution in [3.63, 3.8) is 0 Å². The molecule has 0 spiro atoms. The summed E-state index contributed by atoms with van der Waals surface area (Å²) in [7, 11) is 0. The van der Waals surface area contributed by atoms with Gasteiger partial charge in [0.2, 0.25) is 5.91 Å². The van der Waals surface area contributed by atoms with Crippen LogP contribution in [0, 0.1) is 16.7 Å². The number of carbonyl (C=O) groups excluding carboxylic acids is 1. The van der Waals surface area contributed by atoms with E-state index in [0.717, 1.165) is 6.42 Å². The summed E-state index contributed by atoms with van der Waals surface area (Å²) in [5, 5.41) is 11.8. The molecule has 0 unspecified atom stereocenters. The van der Waals surface area contributed by atoms with E-state index in [1.807, 2.05) is 0 Å². The van der Waals surface area contributed by atoms with Gasteiger partial charge < -0.3 is 15.2 Å². The highest BCUT2D eigenvalue weighted by molar-refractivity contribution is 6.03. The molecule has 1 saturated heterocycles. The van der Waals surface area contributed by atoms with Gasteiger partial charge in [-0.25, -0.2) is 0 Å². The quantitative estimate of drug-likeness (QED) is 0.703. The molecule has 104 valence electrons. The first kappa shape index (κ1) is 15.0. The topological polar surface area (TPSA) is 75.6 Å². The van der Waals surface area contributed by atoms with E-state index in [-0.39, 0.29) is 18.6 Å². The Morgan fingerprint density at radius 1 is 1.39 bits per heavy atom. The van der Waals surface area contributed by atoms with E-state index in [4.69, 9.17) is 9.84 Å². The molecular formula is C13H23NO4. The van der Waals surface area contributed by atoms with Gasteiger partial charge in [-0.1, -0.05) is 27.7 Å². The largest absolute Gasteiger partial charge is 0.480 e. The Balaban J connectivity index is 2.53. The van der Waals surface area contributed by atoms with Gasteiger partial charge in [0.1, 0.15) is 0 Å². The van der Waals surface area contributed by atoms with Gasteiger partial charge in [0.15, 0.2) is 5.41 Å². The molecule has 1 rings (SSSR count). The third-order valence-corrected chi connectivity index (χ3v) is 3.23. The van der Waals surface area contributed by atoms with Crippen molar-refractivity contribution in [1.29, 1.82) is 0 Å². The summed E-state index contributed by atoms with van der Waals surface area (Å²) in [6.07, 6.45) is 0.976. The second-order valence-corrected chi connectivity index (χ2v) is 6.32. The Kier molecular flexibility index (Phi) is 4.37. The van der Waals surface area contributed by atoms with Crippen LogP contribution in [0.5, 0.6) is 0 Å². The lowest BCUT2D eigenvalue weighted by molar-refractivity contribution is -0.185. The molecule has 0 aliphatic carbocycles. The van der Waals surface area contributed by atoms with Gasteiger partial charge in [-0.2, -0.15) is 0 Å². The van der Waals surface area contributed by atoms with Crippen molar-refractivity contribution < 1.29 is 19.4 Å². The van der Waals surface area contributed by atoms with Gasteiger partial charge in [0.05, 0.1) is 13.2 Å². The molecule has 1 aliphatic heterocycles. The number of carbonyl (C=O) groups is 2. The maximum absolute atomic E-state index is 11.9. The monoisotopic (exact) mass is 257 g/mol. The third-order valence-electron chi connectivity index (χ3n) is 3.23. The first-order chi connectivity index (χ1) is 8.19. The van der Waals surface area contributed by atoms with Gasteiger partial charge in [0, 0.05) is 6.54 Å². The zero-order valence-corrected chi connectivity index (χ0v) is 11.6. The van der Waals surface area contributed by atoms with Crippen molar-refractivity contribution in [2.75, 3.05) is 19.8 Å². The van der Waals surface area contributed by atoms with Crippen molar-refractivity contribution in [3.05, 3.63) is 0 Å². The van der Waals surface area contributed by atoms with Crippen molar-refractivity contribution in [2.45, 2.75) is 34.1 Å². The normalized spacial score (nSPS) is 18.3. The van der Waals surface area contributed by atoms with Gasteiger partial charge in [-0.3, -0.25) is 9.59 Å². The molecule has 1 fully saturated rings. The number of amides is 1. The van der Waals surface area contributed by atoms with Crippen LogP contribution in [0.15, 0.2) is 0 Å². The van der Waals surface area contributed by atoms with Crippen LogP contribution in [0.2, 0.25) is 0 Å². The van der Waals surface area contributed by atoms with E-state index in [1.54, 1.807) is 0 Å². The Morgan fingerprint density at radius 3 is 2.28 bits per heavy atom. The number of nitrogens with one attached hydrogen (secondary N) is 1. The third kappa shape index (κ3) is 3.22. The van der Waals surface area contributed by atoms with Crippen LogP contribution in [-0.4, -0.2) is 36.7 Å². The summed E-state index contributed by atoms with van der Waals surface area (Å²) in [5.74, 6) is -0.997. The summed E-state index contributed by atoms with van der Waals surface area (Å²) in [5.41, 5.74) is -1.40. The van der Waals surface area contributed by atoms with Crippen LogP contribution < -0.4 is 5.32 Å². The Hall–Kier alpha value is -1.10. The molecule has 1 heterocycles. The highest BCUT2D eigenvalue weighted by Gasteiger charge is 2.53. The maximum atomic E-state index is 11.9. The minimum absolute atomic E-state index is 0.0290. The summed E-state index contributed by atoms with van der Waals surface area (Å²) in [6.45, 7) is 8.82. The molecule has 0 saturated carbocycles. The van der Waals surface area contributed by atoms with Gasteiger partial charge in [-0.05, 0) is 17.8 Å². The number of carboxylic acids is 1. The molecule has 0 aromatic heterocycles. The van der Waals surface area contributed by atoms with Crippen LogP contribution in [0.25, 0.3) is 0 Å². The number of hydrogen-bond donors (Lipinski definition) is 2. The smallest absolute Gasteiger partial charge is 0.324 e. The standard InChI is InChI=1S/C13H23NO4/c1-9(2)5-12(3,4)6-14-10(15)13(11(16)17)7-18-8-13/h9H,5-8H2,1-4H3,(H,14,15)(H,16,17).